The van der Waals surface area contributed by atoms with Crippen molar-refractivity contribution < 1.29 is 19.4 Å². The van der Waals surface area contributed by atoms with Crippen LogP contribution in [0.3, 0.4) is 0 Å². The lowest BCUT2D eigenvalue weighted by atomic mass is 10.0. The smallest absolute Gasteiger partial charge is 0.258 e. The number of likely N-dealkylation sites (tertiary alicyclic amines) is 1. The standard InChI is InChI=1S/C26H28N4O4S/c1-29-13-11-19-22(15-29)35-26(27-19)28-24(32)17-7-3-6-16(14-17)20-9-5-12-30(20)25(33)18-8-4-10-21(34-2)23(18)31/h3-4,6-8,10,14,20,31H,5,9,11-13,15H2,1-2H3,(H,27,28,32). The highest BCUT2D eigenvalue weighted by Crippen LogP contribution is 2.37. The quantitative estimate of drug-likeness (QED) is 0.558. The van der Waals surface area contributed by atoms with Crippen LogP contribution in [0.15, 0.2) is 42.5 Å². The van der Waals surface area contributed by atoms with Crippen LogP contribution in [0.4, 0.5) is 5.13 Å². The van der Waals surface area contributed by atoms with Crippen molar-refractivity contribution in [2.75, 3.05) is 32.6 Å². The van der Waals surface area contributed by atoms with Crippen LogP contribution in [0.1, 0.15) is 55.7 Å². The van der Waals surface area contributed by atoms with Gasteiger partial charge < -0.3 is 19.6 Å². The lowest BCUT2D eigenvalue weighted by molar-refractivity contribution is 0.0732. The first-order chi connectivity index (χ1) is 16.9. The van der Waals surface area contributed by atoms with Crippen molar-refractivity contribution in [3.63, 3.8) is 0 Å². The molecular weight excluding hydrogens is 464 g/mol. The van der Waals surface area contributed by atoms with E-state index in [0.717, 1.165) is 43.6 Å². The first kappa shape index (κ1) is 23.3. The maximum atomic E-state index is 13.3. The number of carbonyl (C=O) groups is 2. The Morgan fingerprint density at radius 1 is 1.20 bits per heavy atom. The van der Waals surface area contributed by atoms with Gasteiger partial charge in [-0.25, -0.2) is 4.98 Å². The molecule has 1 aromatic heterocycles. The van der Waals surface area contributed by atoms with Gasteiger partial charge in [0.25, 0.3) is 11.8 Å². The lowest BCUT2D eigenvalue weighted by Crippen LogP contribution is -2.30. The minimum atomic E-state index is -0.253. The maximum absolute atomic E-state index is 13.3. The van der Waals surface area contributed by atoms with Crippen molar-refractivity contribution in [3.05, 3.63) is 69.7 Å². The summed E-state index contributed by atoms with van der Waals surface area (Å²) in [5.74, 6) is -0.360. The molecule has 0 saturated carbocycles. The molecule has 1 unspecified atom stereocenters. The molecule has 2 aliphatic heterocycles. The molecule has 9 heteroatoms. The fraction of sp³-hybridized carbons (Fsp3) is 0.346. The second kappa shape index (κ2) is 9.67. The monoisotopic (exact) mass is 492 g/mol. The highest BCUT2D eigenvalue weighted by atomic mass is 32.1. The number of aromatic nitrogens is 1. The number of ether oxygens (including phenoxy) is 1. The number of nitrogens with one attached hydrogen (secondary N) is 1. The number of hydrogen-bond acceptors (Lipinski definition) is 7. The van der Waals surface area contributed by atoms with Crippen LogP contribution in [-0.4, -0.2) is 59.0 Å². The summed E-state index contributed by atoms with van der Waals surface area (Å²) in [5, 5.41) is 14.0. The van der Waals surface area contributed by atoms with E-state index in [1.807, 2.05) is 18.2 Å². The fourth-order valence-corrected chi connectivity index (χ4v) is 5.89. The molecule has 0 spiro atoms. The van der Waals surface area contributed by atoms with Gasteiger partial charge in [-0.3, -0.25) is 14.9 Å². The highest BCUT2D eigenvalue weighted by molar-refractivity contribution is 7.15. The van der Waals surface area contributed by atoms with Gasteiger partial charge in [-0.2, -0.15) is 0 Å². The number of hydrogen-bond donors (Lipinski definition) is 2. The van der Waals surface area contributed by atoms with Crippen LogP contribution < -0.4 is 10.1 Å². The van der Waals surface area contributed by atoms with E-state index in [1.54, 1.807) is 29.2 Å². The van der Waals surface area contributed by atoms with Gasteiger partial charge in [0.15, 0.2) is 16.6 Å². The number of para-hydroxylation sites is 1. The van der Waals surface area contributed by atoms with Crippen LogP contribution in [0, 0.1) is 0 Å². The van der Waals surface area contributed by atoms with Crippen molar-refractivity contribution in [1.29, 1.82) is 0 Å². The average Bonchev–Trinajstić information content (AvgIpc) is 3.50. The minimum Gasteiger partial charge on any atom is -0.504 e. The second-order valence-corrected chi connectivity index (χ2v) is 10.1. The van der Waals surface area contributed by atoms with E-state index in [0.29, 0.717) is 17.2 Å². The van der Waals surface area contributed by atoms with Crippen LogP contribution >= 0.6 is 11.3 Å². The normalized spacial score (nSPS) is 17.8. The molecule has 1 atom stereocenters. The van der Waals surface area contributed by atoms with E-state index >= 15 is 0 Å². The van der Waals surface area contributed by atoms with Crippen molar-refractivity contribution in [1.82, 2.24) is 14.8 Å². The summed E-state index contributed by atoms with van der Waals surface area (Å²) in [6.07, 6.45) is 2.52. The first-order valence-electron chi connectivity index (χ1n) is 11.7. The molecule has 1 saturated heterocycles. The zero-order chi connectivity index (χ0) is 24.5. The van der Waals surface area contributed by atoms with E-state index in [4.69, 9.17) is 4.74 Å². The fourth-order valence-electron chi connectivity index (χ4n) is 4.80. The second-order valence-electron chi connectivity index (χ2n) is 8.97. The van der Waals surface area contributed by atoms with Gasteiger partial charge in [0.2, 0.25) is 0 Å². The molecule has 8 nitrogen and oxygen atoms in total. The molecule has 2 aliphatic rings. The van der Waals surface area contributed by atoms with Gasteiger partial charge in [-0.05, 0) is 49.7 Å². The maximum Gasteiger partial charge on any atom is 0.258 e. The van der Waals surface area contributed by atoms with Gasteiger partial charge in [0.05, 0.1) is 24.4 Å². The van der Waals surface area contributed by atoms with Crippen molar-refractivity contribution >= 4 is 28.3 Å². The average molecular weight is 493 g/mol. The molecule has 2 N–H and O–H groups in total. The Bertz CT molecular complexity index is 1270. The molecule has 1 fully saturated rings. The predicted octanol–water partition coefficient (Wildman–Crippen LogP) is 4.07. The number of methoxy groups -OCH3 is 1. The minimum absolute atomic E-state index is 0.156. The Balaban J connectivity index is 1.34. The molecule has 2 aromatic carbocycles. The molecule has 5 rings (SSSR count). The number of thiazole rings is 1. The SMILES string of the molecule is COc1cccc(C(=O)N2CCCC2c2cccc(C(=O)Nc3nc4c(s3)CN(C)CC4)c2)c1O. The van der Waals surface area contributed by atoms with Crippen molar-refractivity contribution in [2.45, 2.75) is 31.8 Å². The Labute approximate surface area is 208 Å². The molecule has 35 heavy (non-hydrogen) atoms. The van der Waals surface area contributed by atoms with E-state index in [2.05, 4.69) is 22.2 Å². The van der Waals surface area contributed by atoms with Gasteiger partial charge in [-0.15, -0.1) is 11.3 Å². The first-order valence-corrected chi connectivity index (χ1v) is 12.5. The number of likely N-dealkylation sites (N-methyl/N-ethyl adjacent to an activating group) is 1. The van der Waals surface area contributed by atoms with Gasteiger partial charge in [-0.1, -0.05) is 18.2 Å². The molecule has 0 radical (unpaired) electrons. The summed E-state index contributed by atoms with van der Waals surface area (Å²) in [6, 6.07) is 12.1. The summed E-state index contributed by atoms with van der Waals surface area (Å²) in [7, 11) is 3.54. The van der Waals surface area contributed by atoms with Crippen molar-refractivity contribution in [3.8, 4) is 11.5 Å². The Morgan fingerprint density at radius 2 is 2.03 bits per heavy atom. The van der Waals surface area contributed by atoms with Crippen LogP contribution in [-0.2, 0) is 13.0 Å². The summed E-state index contributed by atoms with van der Waals surface area (Å²) in [4.78, 5) is 36.2. The molecule has 0 bridgehead atoms. The van der Waals surface area contributed by atoms with Crippen LogP contribution in [0.2, 0.25) is 0 Å². The number of amides is 2. The zero-order valence-electron chi connectivity index (χ0n) is 19.8. The summed E-state index contributed by atoms with van der Waals surface area (Å²) < 4.78 is 5.16. The topological polar surface area (TPSA) is 95.0 Å². The van der Waals surface area contributed by atoms with Crippen LogP contribution in [0.25, 0.3) is 0 Å². The summed E-state index contributed by atoms with van der Waals surface area (Å²) in [5.41, 5.74) is 2.70. The third-order valence-corrected chi connectivity index (χ3v) is 7.64. The molecular formula is C26H28N4O4S. The summed E-state index contributed by atoms with van der Waals surface area (Å²) in [6.45, 7) is 2.40. The molecule has 3 heterocycles. The summed E-state index contributed by atoms with van der Waals surface area (Å²) >= 11 is 1.53. The van der Waals surface area contributed by atoms with E-state index < -0.39 is 0 Å². The predicted molar refractivity (Wildman–Crippen MR) is 134 cm³/mol. The van der Waals surface area contributed by atoms with Crippen molar-refractivity contribution in [2.24, 2.45) is 0 Å². The largest absolute Gasteiger partial charge is 0.504 e. The number of fused-ring (bicyclic) bond motifs is 1. The number of phenols is 1. The molecule has 182 valence electrons. The third kappa shape index (κ3) is 4.61. The number of nitrogens with zero attached hydrogens (tertiary/aromatic N) is 3. The van der Waals surface area contributed by atoms with E-state index in [9.17, 15) is 14.7 Å². The zero-order valence-corrected chi connectivity index (χ0v) is 20.6. The highest BCUT2D eigenvalue weighted by Gasteiger charge is 2.32. The number of benzene rings is 2. The molecule has 3 aromatic rings. The van der Waals surface area contributed by atoms with E-state index in [-0.39, 0.29) is 34.9 Å². The Kier molecular flexibility index (Phi) is 6.44. The lowest BCUT2D eigenvalue weighted by Gasteiger charge is -2.26. The molecule has 0 aliphatic carbocycles. The molecule has 2 amide bonds. The van der Waals surface area contributed by atoms with Gasteiger partial charge >= 0.3 is 0 Å². The van der Waals surface area contributed by atoms with Gasteiger partial charge in [0, 0.05) is 36.5 Å². The number of carbonyl (C=O) groups excluding carboxylic acids is 2. The van der Waals surface area contributed by atoms with Gasteiger partial charge in [0.1, 0.15) is 0 Å². The Morgan fingerprint density at radius 3 is 2.86 bits per heavy atom. The number of rotatable bonds is 5. The number of phenolic OH excluding ortho intramolecular Hbond substituents is 1. The van der Waals surface area contributed by atoms with E-state index in [1.165, 1.54) is 23.3 Å². The Hall–Kier alpha value is -3.43. The third-order valence-electron chi connectivity index (χ3n) is 6.64. The van der Waals surface area contributed by atoms with Crippen LogP contribution in [0.5, 0.6) is 11.5 Å². The number of anilines is 1. The number of aromatic hydroxyl groups is 1.